The summed E-state index contributed by atoms with van der Waals surface area (Å²) in [7, 11) is 0. The molecule has 3 N–H and O–H groups in total. The summed E-state index contributed by atoms with van der Waals surface area (Å²) in [6.45, 7) is 1.60. The molecule has 0 aromatic carbocycles. The summed E-state index contributed by atoms with van der Waals surface area (Å²) in [4.78, 5) is 3.75. The molecule has 0 spiro atoms. The van der Waals surface area contributed by atoms with E-state index in [0.717, 1.165) is 11.5 Å². The summed E-state index contributed by atoms with van der Waals surface area (Å²) < 4.78 is 3.77. The normalized spacial score (nSPS) is 13.6. The Balaban J connectivity index is 2.85. The number of hydrogen-bond acceptors (Lipinski definition) is 5. The van der Waals surface area contributed by atoms with Gasteiger partial charge in [0.25, 0.3) is 0 Å². The molecule has 0 aliphatic carbocycles. The van der Waals surface area contributed by atoms with Gasteiger partial charge in [0.05, 0.1) is 0 Å². The Morgan fingerprint density at radius 3 is 2.67 bits per heavy atom. The molecule has 0 saturated heterocycles. The molecule has 5 heteroatoms. The van der Waals surface area contributed by atoms with Gasteiger partial charge in [-0.05, 0) is 6.92 Å². The van der Waals surface area contributed by atoms with Crippen LogP contribution in [0.1, 0.15) is 18.9 Å². The second-order valence-corrected chi connectivity index (χ2v) is 2.45. The Hall–Kier alpha value is -0.680. The minimum atomic E-state index is -0.612. The van der Waals surface area contributed by atoms with Crippen molar-refractivity contribution in [3.63, 3.8) is 0 Å². The molecule has 0 amide bonds. The van der Waals surface area contributed by atoms with E-state index < -0.39 is 6.10 Å². The third-order valence-electron chi connectivity index (χ3n) is 0.831. The van der Waals surface area contributed by atoms with Crippen LogP contribution in [-0.2, 0) is 0 Å². The molecule has 50 valence electrons. The maximum Gasteiger partial charge on any atom is 0.200 e. The lowest BCUT2D eigenvalue weighted by Crippen LogP contribution is -1.93. The van der Waals surface area contributed by atoms with E-state index in [0.29, 0.717) is 11.0 Å². The maximum absolute atomic E-state index is 8.86. The first-order valence-corrected chi connectivity index (χ1v) is 3.24. The summed E-state index contributed by atoms with van der Waals surface area (Å²) in [5.74, 6) is 0.400. The zero-order valence-corrected chi connectivity index (χ0v) is 5.72. The van der Waals surface area contributed by atoms with Crippen LogP contribution in [0.25, 0.3) is 0 Å². The van der Waals surface area contributed by atoms with Gasteiger partial charge in [0, 0.05) is 11.5 Å². The molecule has 0 radical (unpaired) electrons. The summed E-state index contributed by atoms with van der Waals surface area (Å²) in [6.07, 6.45) is -0.612. The first kappa shape index (κ1) is 6.44. The summed E-state index contributed by atoms with van der Waals surface area (Å²) in [5, 5.41) is 9.26. The second kappa shape index (κ2) is 2.28. The van der Waals surface area contributed by atoms with Gasteiger partial charge < -0.3 is 10.8 Å². The van der Waals surface area contributed by atoms with Crippen molar-refractivity contribution in [2.75, 3.05) is 5.73 Å². The summed E-state index contributed by atoms with van der Waals surface area (Å²) >= 11 is 1.09. The van der Waals surface area contributed by atoms with Crippen molar-refractivity contribution in [1.82, 2.24) is 9.36 Å². The lowest BCUT2D eigenvalue weighted by atomic mass is 10.4. The van der Waals surface area contributed by atoms with Crippen molar-refractivity contribution in [2.45, 2.75) is 13.0 Å². The van der Waals surface area contributed by atoms with Crippen molar-refractivity contribution in [1.29, 1.82) is 0 Å². The van der Waals surface area contributed by atoms with Crippen LogP contribution in [0.3, 0.4) is 0 Å². The number of anilines is 1. The smallest absolute Gasteiger partial charge is 0.200 e. The van der Waals surface area contributed by atoms with Gasteiger partial charge in [0.15, 0.2) is 11.0 Å². The average Bonchev–Trinajstić information content (AvgIpc) is 2.14. The molecule has 0 aliphatic heterocycles. The first-order chi connectivity index (χ1) is 4.20. The average molecular weight is 145 g/mol. The highest BCUT2D eigenvalue weighted by atomic mass is 32.1. The van der Waals surface area contributed by atoms with Crippen LogP contribution in [0.15, 0.2) is 0 Å². The van der Waals surface area contributed by atoms with Crippen molar-refractivity contribution < 1.29 is 5.11 Å². The number of aliphatic hydroxyl groups excluding tert-OH is 1. The van der Waals surface area contributed by atoms with Gasteiger partial charge in [-0.2, -0.15) is 4.37 Å². The standard InChI is InChI=1S/C4H7N3OS/c1-2(8)3-6-4(5)9-7-3/h2,8H,1H3,(H2,5,6,7). The van der Waals surface area contributed by atoms with Gasteiger partial charge in [-0.25, -0.2) is 4.98 Å². The fourth-order valence-corrected chi connectivity index (χ4v) is 0.932. The minimum Gasteiger partial charge on any atom is -0.385 e. The van der Waals surface area contributed by atoms with Crippen LogP contribution in [0.5, 0.6) is 0 Å². The van der Waals surface area contributed by atoms with E-state index in [1.807, 2.05) is 0 Å². The number of hydrogen-bond donors (Lipinski definition) is 2. The van der Waals surface area contributed by atoms with Crippen LogP contribution < -0.4 is 5.73 Å². The summed E-state index contributed by atoms with van der Waals surface area (Å²) in [5.41, 5.74) is 5.25. The summed E-state index contributed by atoms with van der Waals surface area (Å²) in [6, 6.07) is 0. The predicted molar refractivity (Wildman–Crippen MR) is 35.0 cm³/mol. The van der Waals surface area contributed by atoms with Gasteiger partial charge in [-0.1, -0.05) is 0 Å². The topological polar surface area (TPSA) is 72.0 Å². The number of nitrogen functional groups attached to an aromatic ring is 1. The molecular formula is C4H7N3OS. The van der Waals surface area contributed by atoms with E-state index in [2.05, 4.69) is 9.36 Å². The molecule has 1 aromatic heterocycles. The zero-order chi connectivity index (χ0) is 6.85. The SMILES string of the molecule is CC(O)c1nsc(N)n1. The maximum atomic E-state index is 8.86. The van der Waals surface area contributed by atoms with Crippen LogP contribution >= 0.6 is 11.5 Å². The van der Waals surface area contributed by atoms with Gasteiger partial charge in [-0.3, -0.25) is 0 Å². The Bertz CT molecular complexity index is 197. The number of aliphatic hydroxyl groups is 1. The third-order valence-corrected chi connectivity index (χ3v) is 1.39. The first-order valence-electron chi connectivity index (χ1n) is 2.47. The zero-order valence-electron chi connectivity index (χ0n) is 4.90. The fraction of sp³-hybridized carbons (Fsp3) is 0.500. The van der Waals surface area contributed by atoms with Crippen molar-refractivity contribution >= 4 is 16.7 Å². The van der Waals surface area contributed by atoms with Crippen LogP contribution in [0.2, 0.25) is 0 Å². The van der Waals surface area contributed by atoms with Crippen LogP contribution in [0, 0.1) is 0 Å². The van der Waals surface area contributed by atoms with E-state index in [-0.39, 0.29) is 0 Å². The molecule has 0 bridgehead atoms. The lowest BCUT2D eigenvalue weighted by molar-refractivity contribution is 0.190. The Kier molecular flexibility index (Phi) is 1.63. The monoisotopic (exact) mass is 145 g/mol. The van der Waals surface area contributed by atoms with Crippen molar-refractivity contribution in [2.24, 2.45) is 0 Å². The molecule has 1 atom stereocenters. The molecule has 4 nitrogen and oxygen atoms in total. The van der Waals surface area contributed by atoms with Crippen LogP contribution in [-0.4, -0.2) is 14.5 Å². The Labute approximate surface area is 56.5 Å². The molecule has 0 fully saturated rings. The van der Waals surface area contributed by atoms with E-state index in [1.54, 1.807) is 6.92 Å². The van der Waals surface area contributed by atoms with Gasteiger partial charge >= 0.3 is 0 Å². The molecule has 1 heterocycles. The molecule has 9 heavy (non-hydrogen) atoms. The second-order valence-electron chi connectivity index (χ2n) is 1.67. The number of rotatable bonds is 1. The van der Waals surface area contributed by atoms with Crippen molar-refractivity contribution in [3.05, 3.63) is 5.82 Å². The Morgan fingerprint density at radius 2 is 2.44 bits per heavy atom. The molecule has 0 aliphatic rings. The number of aromatic nitrogens is 2. The van der Waals surface area contributed by atoms with Gasteiger partial charge in [0.1, 0.15) is 6.10 Å². The minimum absolute atomic E-state index is 0.394. The van der Waals surface area contributed by atoms with E-state index in [9.17, 15) is 0 Å². The quantitative estimate of drug-likeness (QED) is 0.591. The van der Waals surface area contributed by atoms with Crippen LogP contribution in [0.4, 0.5) is 5.13 Å². The highest BCUT2D eigenvalue weighted by molar-refractivity contribution is 7.09. The van der Waals surface area contributed by atoms with Crippen molar-refractivity contribution in [3.8, 4) is 0 Å². The molecule has 1 rings (SSSR count). The predicted octanol–water partition coefficient (Wildman–Crippen LogP) is 0.174. The third kappa shape index (κ3) is 1.36. The Morgan fingerprint density at radius 1 is 1.78 bits per heavy atom. The largest absolute Gasteiger partial charge is 0.385 e. The molecule has 1 aromatic rings. The molecule has 1 unspecified atom stereocenters. The highest BCUT2D eigenvalue weighted by Crippen LogP contribution is 2.11. The molecular weight excluding hydrogens is 138 g/mol. The van der Waals surface area contributed by atoms with E-state index in [4.69, 9.17) is 10.8 Å². The number of nitrogens with zero attached hydrogens (tertiary/aromatic N) is 2. The highest BCUT2D eigenvalue weighted by Gasteiger charge is 2.05. The number of nitrogens with two attached hydrogens (primary N) is 1. The fourth-order valence-electron chi connectivity index (χ4n) is 0.417. The van der Waals surface area contributed by atoms with Gasteiger partial charge in [-0.15, -0.1) is 0 Å². The van der Waals surface area contributed by atoms with E-state index >= 15 is 0 Å². The lowest BCUT2D eigenvalue weighted by Gasteiger charge is -1.92. The van der Waals surface area contributed by atoms with Gasteiger partial charge in [0.2, 0.25) is 0 Å². The van der Waals surface area contributed by atoms with E-state index in [1.165, 1.54) is 0 Å². The molecule has 0 saturated carbocycles.